The molecule has 0 fully saturated rings. The number of nitrogens with zero attached hydrogens (tertiary/aromatic N) is 1. The standard InChI is InChI=1S/C13H14ClNO2/c1-3-9-6-12(13(16)17-4-2)10(7-14)5-11(9)8-15/h5-6H,3-4,7H2,1-2H3. The van der Waals surface area contributed by atoms with E-state index in [1.54, 1.807) is 19.1 Å². The van der Waals surface area contributed by atoms with Crippen molar-refractivity contribution in [3.05, 3.63) is 34.4 Å². The molecule has 0 aromatic heterocycles. The van der Waals surface area contributed by atoms with Crippen LogP contribution in [0.25, 0.3) is 0 Å². The summed E-state index contributed by atoms with van der Waals surface area (Å²) < 4.78 is 4.96. The van der Waals surface area contributed by atoms with Gasteiger partial charge in [-0.2, -0.15) is 5.26 Å². The van der Waals surface area contributed by atoms with Crippen LogP contribution in [0.4, 0.5) is 0 Å². The summed E-state index contributed by atoms with van der Waals surface area (Å²) in [7, 11) is 0. The third-order valence-electron chi connectivity index (χ3n) is 2.47. The molecule has 0 saturated heterocycles. The normalized spacial score (nSPS) is 9.76. The number of aryl methyl sites for hydroxylation is 1. The number of hydrogen-bond acceptors (Lipinski definition) is 3. The van der Waals surface area contributed by atoms with Gasteiger partial charge in [0.15, 0.2) is 0 Å². The van der Waals surface area contributed by atoms with Gasteiger partial charge >= 0.3 is 5.97 Å². The number of rotatable bonds is 4. The molecule has 1 aromatic carbocycles. The highest BCUT2D eigenvalue weighted by Gasteiger charge is 2.15. The largest absolute Gasteiger partial charge is 0.462 e. The summed E-state index contributed by atoms with van der Waals surface area (Å²) in [4.78, 5) is 11.7. The highest BCUT2D eigenvalue weighted by molar-refractivity contribution is 6.17. The van der Waals surface area contributed by atoms with Crippen molar-refractivity contribution in [2.24, 2.45) is 0 Å². The van der Waals surface area contributed by atoms with Crippen molar-refractivity contribution < 1.29 is 9.53 Å². The number of hydrogen-bond donors (Lipinski definition) is 0. The fourth-order valence-electron chi connectivity index (χ4n) is 1.60. The molecule has 0 aliphatic rings. The predicted octanol–water partition coefficient (Wildman–Crippen LogP) is 3.04. The first-order valence-electron chi connectivity index (χ1n) is 5.46. The molecule has 0 spiro atoms. The van der Waals surface area contributed by atoms with Crippen LogP contribution in [0, 0.1) is 11.3 Å². The summed E-state index contributed by atoms with van der Waals surface area (Å²) in [5.41, 5.74) is 2.50. The van der Waals surface area contributed by atoms with Gasteiger partial charge < -0.3 is 4.74 Å². The average molecular weight is 252 g/mol. The Balaban J connectivity index is 3.29. The second-order valence-electron chi connectivity index (χ2n) is 3.49. The maximum atomic E-state index is 11.7. The van der Waals surface area contributed by atoms with Crippen molar-refractivity contribution >= 4 is 17.6 Å². The molecular weight excluding hydrogens is 238 g/mol. The molecule has 0 aliphatic carbocycles. The molecule has 4 heteroatoms. The first kappa shape index (κ1) is 13.5. The zero-order valence-corrected chi connectivity index (χ0v) is 10.7. The highest BCUT2D eigenvalue weighted by Crippen LogP contribution is 2.20. The Morgan fingerprint density at radius 2 is 2.12 bits per heavy atom. The van der Waals surface area contributed by atoms with E-state index in [4.69, 9.17) is 21.6 Å². The Morgan fingerprint density at radius 3 is 2.59 bits per heavy atom. The first-order chi connectivity index (χ1) is 8.17. The number of esters is 1. The van der Waals surface area contributed by atoms with E-state index in [9.17, 15) is 4.79 Å². The fourth-order valence-corrected chi connectivity index (χ4v) is 1.82. The zero-order chi connectivity index (χ0) is 12.8. The van der Waals surface area contributed by atoms with Crippen LogP contribution in [-0.4, -0.2) is 12.6 Å². The van der Waals surface area contributed by atoms with Gasteiger partial charge in [-0.25, -0.2) is 4.79 Å². The molecule has 0 N–H and O–H groups in total. The van der Waals surface area contributed by atoms with Gasteiger partial charge in [-0.3, -0.25) is 0 Å². The van der Waals surface area contributed by atoms with E-state index in [-0.39, 0.29) is 11.8 Å². The lowest BCUT2D eigenvalue weighted by Crippen LogP contribution is -2.09. The Bertz CT molecular complexity index is 463. The smallest absolute Gasteiger partial charge is 0.338 e. The molecule has 0 amide bonds. The van der Waals surface area contributed by atoms with Crippen LogP contribution in [0.5, 0.6) is 0 Å². The van der Waals surface area contributed by atoms with Crippen molar-refractivity contribution in [3.63, 3.8) is 0 Å². The summed E-state index contributed by atoms with van der Waals surface area (Å²) in [6.45, 7) is 4.01. The summed E-state index contributed by atoms with van der Waals surface area (Å²) in [5.74, 6) is -0.199. The topological polar surface area (TPSA) is 50.1 Å². The van der Waals surface area contributed by atoms with Crippen LogP contribution in [0.15, 0.2) is 12.1 Å². The molecule has 3 nitrogen and oxygen atoms in total. The average Bonchev–Trinajstić information content (AvgIpc) is 2.37. The second-order valence-corrected chi connectivity index (χ2v) is 3.75. The van der Waals surface area contributed by atoms with Gasteiger partial charge in [-0.05, 0) is 36.6 Å². The lowest BCUT2D eigenvalue weighted by Gasteiger charge is -2.10. The number of carbonyl (C=O) groups is 1. The first-order valence-corrected chi connectivity index (χ1v) is 6.00. The van der Waals surface area contributed by atoms with Crippen LogP contribution in [0.3, 0.4) is 0 Å². The molecule has 1 aromatic rings. The summed E-state index contributed by atoms with van der Waals surface area (Å²) >= 11 is 5.78. The van der Waals surface area contributed by atoms with Crippen LogP contribution in [0.1, 0.15) is 40.9 Å². The molecular formula is C13H14ClNO2. The van der Waals surface area contributed by atoms with Crippen molar-refractivity contribution in [2.45, 2.75) is 26.1 Å². The molecule has 0 heterocycles. The van der Waals surface area contributed by atoms with E-state index >= 15 is 0 Å². The van der Waals surface area contributed by atoms with Crippen molar-refractivity contribution in [1.29, 1.82) is 5.26 Å². The maximum absolute atomic E-state index is 11.7. The molecule has 1 rings (SSSR count). The summed E-state index contributed by atoms with van der Waals surface area (Å²) in [5, 5.41) is 8.99. The van der Waals surface area contributed by atoms with Crippen LogP contribution in [-0.2, 0) is 17.0 Å². The van der Waals surface area contributed by atoms with Crippen molar-refractivity contribution in [3.8, 4) is 6.07 Å². The predicted molar refractivity (Wildman–Crippen MR) is 66.0 cm³/mol. The third-order valence-corrected chi connectivity index (χ3v) is 2.76. The molecule has 0 atom stereocenters. The van der Waals surface area contributed by atoms with Gasteiger partial charge in [-0.15, -0.1) is 11.6 Å². The lowest BCUT2D eigenvalue weighted by molar-refractivity contribution is 0.0525. The minimum Gasteiger partial charge on any atom is -0.462 e. The van der Waals surface area contributed by atoms with Gasteiger partial charge in [0.25, 0.3) is 0 Å². The van der Waals surface area contributed by atoms with Crippen LogP contribution >= 0.6 is 11.6 Å². The summed E-state index contributed by atoms with van der Waals surface area (Å²) in [6.07, 6.45) is 0.692. The van der Waals surface area contributed by atoms with E-state index in [1.807, 2.05) is 6.92 Å². The Morgan fingerprint density at radius 1 is 1.41 bits per heavy atom. The van der Waals surface area contributed by atoms with E-state index in [0.717, 1.165) is 5.56 Å². The van der Waals surface area contributed by atoms with Crippen LogP contribution < -0.4 is 0 Å². The lowest BCUT2D eigenvalue weighted by atomic mass is 9.98. The van der Waals surface area contributed by atoms with Gasteiger partial charge in [0, 0.05) is 5.88 Å². The molecule has 0 unspecified atom stereocenters. The molecule has 0 aliphatic heterocycles. The van der Waals surface area contributed by atoms with Crippen LogP contribution in [0.2, 0.25) is 0 Å². The second kappa shape index (κ2) is 6.27. The van der Waals surface area contributed by atoms with E-state index < -0.39 is 0 Å². The van der Waals surface area contributed by atoms with E-state index in [1.165, 1.54) is 0 Å². The highest BCUT2D eigenvalue weighted by atomic mass is 35.5. The van der Waals surface area contributed by atoms with Gasteiger partial charge in [-0.1, -0.05) is 6.92 Å². The monoisotopic (exact) mass is 251 g/mol. The maximum Gasteiger partial charge on any atom is 0.338 e. The molecule has 0 radical (unpaired) electrons. The van der Waals surface area contributed by atoms with Crippen molar-refractivity contribution in [2.75, 3.05) is 6.61 Å². The number of alkyl halides is 1. The van der Waals surface area contributed by atoms with E-state index in [2.05, 4.69) is 6.07 Å². The van der Waals surface area contributed by atoms with Gasteiger partial charge in [0.05, 0.1) is 23.8 Å². The number of nitriles is 1. The number of ether oxygens (including phenoxy) is 1. The molecule has 90 valence electrons. The molecule has 17 heavy (non-hydrogen) atoms. The van der Waals surface area contributed by atoms with Crippen molar-refractivity contribution in [1.82, 2.24) is 0 Å². The quantitative estimate of drug-likeness (QED) is 0.610. The molecule has 0 bridgehead atoms. The number of halogens is 1. The Labute approximate surface area is 106 Å². The number of benzene rings is 1. The Kier molecular flexibility index (Phi) is 4.99. The molecule has 0 saturated carbocycles. The third kappa shape index (κ3) is 2.98. The minimum atomic E-state index is -0.387. The van der Waals surface area contributed by atoms with Gasteiger partial charge in [0.1, 0.15) is 0 Å². The van der Waals surface area contributed by atoms with Gasteiger partial charge in [0.2, 0.25) is 0 Å². The van der Waals surface area contributed by atoms with E-state index in [0.29, 0.717) is 29.7 Å². The zero-order valence-electron chi connectivity index (χ0n) is 9.92. The summed E-state index contributed by atoms with van der Waals surface area (Å²) in [6, 6.07) is 5.48. The Hall–Kier alpha value is -1.53. The minimum absolute atomic E-state index is 0.187. The fraction of sp³-hybridized carbons (Fsp3) is 0.385. The SMILES string of the molecule is CCOC(=O)c1cc(CC)c(C#N)cc1CCl. The number of carbonyl (C=O) groups excluding carboxylic acids is 1.